The van der Waals surface area contributed by atoms with Crippen molar-refractivity contribution in [3.8, 4) is 0 Å². The summed E-state index contributed by atoms with van der Waals surface area (Å²) in [6.07, 6.45) is 0.634. The van der Waals surface area contributed by atoms with Gasteiger partial charge in [0.1, 0.15) is 11.8 Å². The molecule has 0 saturated carbocycles. The average Bonchev–Trinajstić information content (AvgIpc) is 2.99. The summed E-state index contributed by atoms with van der Waals surface area (Å²) in [5, 5.41) is 17.9. The molecule has 1 aromatic heterocycles. The van der Waals surface area contributed by atoms with Crippen LogP contribution in [0.4, 0.5) is 5.69 Å². The number of carbonyl (C=O) groups excluding carboxylic acids is 1. The molecular weight excluding hydrogens is 292 g/mol. The first-order chi connectivity index (χ1) is 11.2. The Balaban J connectivity index is 1.87. The highest BCUT2D eigenvalue weighted by atomic mass is 16.3. The van der Waals surface area contributed by atoms with Gasteiger partial charge in [0.2, 0.25) is 0 Å². The zero-order valence-electron chi connectivity index (χ0n) is 12.4. The van der Waals surface area contributed by atoms with Crippen LogP contribution in [0.5, 0.6) is 0 Å². The summed E-state index contributed by atoms with van der Waals surface area (Å²) < 4.78 is 5.48. The maximum atomic E-state index is 12.4. The molecule has 0 spiro atoms. The molecule has 114 valence electrons. The summed E-state index contributed by atoms with van der Waals surface area (Å²) in [5.74, 6) is -0.421. The van der Waals surface area contributed by atoms with E-state index >= 15 is 0 Å². The number of aliphatic hydroxyl groups excluding tert-OH is 1. The number of carbonyl (C=O) groups is 1. The largest absolute Gasteiger partial charge is 0.513 e. The van der Waals surface area contributed by atoms with Crippen molar-refractivity contribution in [2.75, 3.05) is 0 Å². The number of hydrogen-bond acceptors (Lipinski definition) is 5. The van der Waals surface area contributed by atoms with E-state index in [0.29, 0.717) is 17.5 Å². The van der Waals surface area contributed by atoms with Gasteiger partial charge >= 0.3 is 0 Å². The minimum atomic E-state index is -0.528. The number of furan rings is 1. The lowest BCUT2D eigenvalue weighted by molar-refractivity contribution is 0.100. The maximum absolute atomic E-state index is 12.4. The number of ketones is 1. The van der Waals surface area contributed by atoms with Gasteiger partial charge in [0, 0.05) is 5.39 Å². The molecule has 2 aromatic carbocycles. The minimum absolute atomic E-state index is 0.106. The van der Waals surface area contributed by atoms with Crippen LogP contribution >= 0.6 is 0 Å². The quantitative estimate of drug-likeness (QED) is 0.315. The lowest BCUT2D eigenvalue weighted by atomic mass is 10.2. The monoisotopic (exact) mass is 306 g/mol. The number of para-hydroxylation sites is 1. The van der Waals surface area contributed by atoms with Crippen LogP contribution in [0.1, 0.15) is 16.1 Å². The fraction of sp³-hybridized carbons (Fsp3) is 0.0556. The van der Waals surface area contributed by atoms with E-state index in [4.69, 9.17) is 4.42 Å². The van der Waals surface area contributed by atoms with Crippen LogP contribution in [-0.4, -0.2) is 10.9 Å². The number of allylic oxidation sites excluding steroid dienone is 1. The molecule has 0 amide bonds. The SMILES string of the molecule is Cc1cccc(N=N/C(=C/O)C(=O)c2cc3ccccc3o2)c1. The molecule has 0 saturated heterocycles. The van der Waals surface area contributed by atoms with Gasteiger partial charge in [-0.25, -0.2) is 0 Å². The van der Waals surface area contributed by atoms with Gasteiger partial charge in [0.25, 0.3) is 5.78 Å². The van der Waals surface area contributed by atoms with Crippen molar-refractivity contribution in [2.24, 2.45) is 10.2 Å². The fourth-order valence-electron chi connectivity index (χ4n) is 2.15. The van der Waals surface area contributed by atoms with Crippen molar-refractivity contribution < 1.29 is 14.3 Å². The first kappa shape index (κ1) is 14.7. The Morgan fingerprint density at radius 2 is 1.96 bits per heavy atom. The molecule has 23 heavy (non-hydrogen) atoms. The second kappa shape index (κ2) is 6.27. The third kappa shape index (κ3) is 3.18. The Bertz CT molecular complexity index is 890. The molecular formula is C18H14N2O3. The van der Waals surface area contributed by atoms with Crippen molar-refractivity contribution in [3.05, 3.63) is 77.9 Å². The van der Waals surface area contributed by atoms with Crippen molar-refractivity contribution in [1.29, 1.82) is 0 Å². The van der Waals surface area contributed by atoms with Gasteiger partial charge in [0.05, 0.1) is 5.69 Å². The van der Waals surface area contributed by atoms with E-state index in [1.165, 1.54) is 0 Å². The highest BCUT2D eigenvalue weighted by Crippen LogP contribution is 2.22. The van der Waals surface area contributed by atoms with Crippen LogP contribution in [0.15, 0.2) is 81.2 Å². The van der Waals surface area contributed by atoms with E-state index in [1.807, 2.05) is 43.3 Å². The van der Waals surface area contributed by atoms with Crippen molar-refractivity contribution in [3.63, 3.8) is 0 Å². The predicted molar refractivity (Wildman–Crippen MR) is 87.0 cm³/mol. The third-order valence-electron chi connectivity index (χ3n) is 3.28. The Kier molecular flexibility index (Phi) is 4.01. The zero-order chi connectivity index (χ0) is 16.2. The number of nitrogens with zero attached hydrogens (tertiary/aromatic N) is 2. The Hall–Kier alpha value is -3.21. The van der Waals surface area contributed by atoms with Crippen molar-refractivity contribution in [2.45, 2.75) is 6.92 Å². The van der Waals surface area contributed by atoms with E-state index in [1.54, 1.807) is 18.2 Å². The molecule has 3 aromatic rings. The van der Waals surface area contributed by atoms with E-state index in [2.05, 4.69) is 10.2 Å². The second-order valence-electron chi connectivity index (χ2n) is 5.03. The Morgan fingerprint density at radius 3 is 2.70 bits per heavy atom. The van der Waals surface area contributed by atoms with Gasteiger partial charge in [-0.3, -0.25) is 4.79 Å². The standard InChI is InChI=1S/C18H14N2O3/c1-12-5-4-7-14(9-12)19-20-15(11-21)18(22)17-10-13-6-2-3-8-16(13)23-17/h2-11,21H,1H3/b15-11+,20-19?. The summed E-state index contributed by atoms with van der Waals surface area (Å²) >= 11 is 0. The number of azo groups is 1. The molecule has 5 nitrogen and oxygen atoms in total. The summed E-state index contributed by atoms with van der Waals surface area (Å²) in [4.78, 5) is 12.4. The molecule has 0 radical (unpaired) electrons. The van der Waals surface area contributed by atoms with E-state index < -0.39 is 5.78 Å². The first-order valence-electron chi connectivity index (χ1n) is 7.03. The summed E-state index contributed by atoms with van der Waals surface area (Å²) in [6.45, 7) is 1.93. The molecule has 0 aliphatic heterocycles. The summed E-state index contributed by atoms with van der Waals surface area (Å²) in [6, 6.07) is 16.3. The average molecular weight is 306 g/mol. The lowest BCUT2D eigenvalue weighted by Crippen LogP contribution is -1.99. The fourth-order valence-corrected chi connectivity index (χ4v) is 2.15. The van der Waals surface area contributed by atoms with Crippen molar-refractivity contribution in [1.82, 2.24) is 0 Å². The number of Topliss-reactive ketones (excluding diaryl/α,β-unsaturated/α-hetero) is 1. The van der Waals surface area contributed by atoms with Crippen LogP contribution < -0.4 is 0 Å². The summed E-state index contributed by atoms with van der Waals surface area (Å²) in [5.41, 5.74) is 2.04. The molecule has 0 aliphatic rings. The summed E-state index contributed by atoms with van der Waals surface area (Å²) in [7, 11) is 0. The van der Waals surface area contributed by atoms with Gasteiger partial charge in [-0.15, -0.1) is 5.11 Å². The van der Waals surface area contributed by atoms with Crippen LogP contribution in [0.3, 0.4) is 0 Å². The maximum Gasteiger partial charge on any atom is 0.251 e. The number of hydrogen-bond donors (Lipinski definition) is 1. The lowest BCUT2D eigenvalue weighted by Gasteiger charge is -1.97. The number of benzene rings is 2. The highest BCUT2D eigenvalue weighted by Gasteiger charge is 2.17. The number of aliphatic hydroxyl groups is 1. The van der Waals surface area contributed by atoms with Gasteiger partial charge in [0.15, 0.2) is 11.5 Å². The topological polar surface area (TPSA) is 75.2 Å². The smallest absolute Gasteiger partial charge is 0.251 e. The van der Waals surface area contributed by atoms with E-state index in [9.17, 15) is 9.90 Å². The molecule has 0 unspecified atom stereocenters. The van der Waals surface area contributed by atoms with Crippen molar-refractivity contribution >= 4 is 22.4 Å². The Morgan fingerprint density at radius 1 is 1.13 bits per heavy atom. The van der Waals surface area contributed by atoms with Gasteiger partial charge in [-0.05, 0) is 36.8 Å². The number of rotatable bonds is 4. The van der Waals surface area contributed by atoms with Crippen LogP contribution in [0.25, 0.3) is 11.0 Å². The second-order valence-corrected chi connectivity index (χ2v) is 5.03. The third-order valence-corrected chi connectivity index (χ3v) is 3.28. The zero-order valence-corrected chi connectivity index (χ0v) is 12.4. The number of aryl methyl sites for hydroxylation is 1. The normalized spacial score (nSPS) is 12.1. The molecule has 0 atom stereocenters. The van der Waals surface area contributed by atoms with E-state index in [0.717, 1.165) is 10.9 Å². The highest BCUT2D eigenvalue weighted by molar-refractivity contribution is 6.08. The molecule has 1 heterocycles. The molecule has 0 aliphatic carbocycles. The van der Waals surface area contributed by atoms with E-state index in [-0.39, 0.29) is 11.5 Å². The Labute approximate surface area is 132 Å². The minimum Gasteiger partial charge on any atom is -0.513 e. The molecule has 3 rings (SSSR count). The van der Waals surface area contributed by atoms with Crippen LogP contribution in [-0.2, 0) is 0 Å². The molecule has 0 fully saturated rings. The van der Waals surface area contributed by atoms with Gasteiger partial charge in [-0.2, -0.15) is 5.11 Å². The van der Waals surface area contributed by atoms with Crippen LogP contribution in [0.2, 0.25) is 0 Å². The molecule has 0 bridgehead atoms. The van der Waals surface area contributed by atoms with Gasteiger partial charge in [-0.1, -0.05) is 30.3 Å². The number of fused-ring (bicyclic) bond motifs is 1. The van der Waals surface area contributed by atoms with Gasteiger partial charge < -0.3 is 9.52 Å². The van der Waals surface area contributed by atoms with Crippen LogP contribution in [0, 0.1) is 6.92 Å². The predicted octanol–water partition coefficient (Wildman–Crippen LogP) is 5.11. The molecule has 5 heteroatoms. The molecule has 1 N–H and O–H groups in total. The first-order valence-corrected chi connectivity index (χ1v) is 7.03.